The molecular weight excluding hydrogens is 358 g/mol. The summed E-state index contributed by atoms with van der Waals surface area (Å²) in [4.78, 5) is 35.6. The van der Waals surface area contributed by atoms with Crippen molar-refractivity contribution in [2.45, 2.75) is 13.0 Å². The van der Waals surface area contributed by atoms with Crippen LogP contribution in [0.3, 0.4) is 0 Å². The summed E-state index contributed by atoms with van der Waals surface area (Å²) in [6.07, 6.45) is 3.60. The fraction of sp³-hybridized carbons (Fsp3) is 0.200. The molecule has 1 aliphatic heterocycles. The van der Waals surface area contributed by atoms with E-state index in [-0.39, 0.29) is 18.1 Å². The van der Waals surface area contributed by atoms with Crippen molar-refractivity contribution in [3.63, 3.8) is 0 Å². The Labute approximate surface area is 161 Å². The van der Waals surface area contributed by atoms with Gasteiger partial charge in [-0.2, -0.15) is 0 Å². The molecule has 8 heteroatoms. The maximum atomic E-state index is 12.5. The van der Waals surface area contributed by atoms with Crippen molar-refractivity contribution < 1.29 is 9.53 Å². The first kappa shape index (κ1) is 17.7. The van der Waals surface area contributed by atoms with Crippen molar-refractivity contribution in [1.82, 2.24) is 20.3 Å². The molecule has 1 amide bonds. The van der Waals surface area contributed by atoms with Gasteiger partial charge in [0, 0.05) is 37.5 Å². The van der Waals surface area contributed by atoms with E-state index in [1.54, 1.807) is 18.3 Å². The fourth-order valence-electron chi connectivity index (χ4n) is 3.01. The number of carbonyl (C=O) groups is 1. The van der Waals surface area contributed by atoms with Crippen LogP contribution in [-0.2, 0) is 13.0 Å². The summed E-state index contributed by atoms with van der Waals surface area (Å²) in [6, 6.07) is 11.1. The largest absolute Gasteiger partial charge is 0.487 e. The Bertz CT molecular complexity index is 1050. The molecule has 3 heterocycles. The highest BCUT2D eigenvalue weighted by atomic mass is 16.5. The molecule has 0 spiro atoms. The highest BCUT2D eigenvalue weighted by Gasteiger charge is 2.18. The van der Waals surface area contributed by atoms with Gasteiger partial charge in [-0.05, 0) is 23.8 Å². The molecule has 2 aromatic heterocycles. The Balaban J connectivity index is 1.38. The minimum Gasteiger partial charge on any atom is -0.487 e. The van der Waals surface area contributed by atoms with Gasteiger partial charge in [0.1, 0.15) is 12.4 Å². The van der Waals surface area contributed by atoms with Gasteiger partial charge >= 0.3 is 0 Å². The van der Waals surface area contributed by atoms with Gasteiger partial charge in [-0.15, -0.1) is 0 Å². The lowest BCUT2D eigenvalue weighted by atomic mass is 10.1. The molecule has 8 nitrogen and oxygen atoms in total. The quantitative estimate of drug-likeness (QED) is 0.581. The number of benzene rings is 1. The molecular formula is C20H19N5O3. The monoisotopic (exact) mass is 377 g/mol. The van der Waals surface area contributed by atoms with Crippen LogP contribution in [0.2, 0.25) is 0 Å². The Kier molecular flexibility index (Phi) is 5.01. The number of aromatic nitrogens is 3. The molecule has 0 unspecified atom stereocenters. The van der Waals surface area contributed by atoms with Gasteiger partial charge in [0.2, 0.25) is 5.95 Å². The maximum Gasteiger partial charge on any atom is 0.256 e. The van der Waals surface area contributed by atoms with Gasteiger partial charge in [-0.25, -0.2) is 4.98 Å². The molecule has 4 rings (SSSR count). The second-order valence-corrected chi connectivity index (χ2v) is 6.34. The van der Waals surface area contributed by atoms with Crippen LogP contribution in [0.4, 0.5) is 5.95 Å². The second kappa shape index (κ2) is 7.91. The van der Waals surface area contributed by atoms with Crippen molar-refractivity contribution in [2.75, 3.05) is 18.4 Å². The van der Waals surface area contributed by atoms with E-state index in [2.05, 4.69) is 25.6 Å². The second-order valence-electron chi connectivity index (χ2n) is 6.34. The van der Waals surface area contributed by atoms with Gasteiger partial charge in [0.05, 0.1) is 11.3 Å². The van der Waals surface area contributed by atoms with E-state index >= 15 is 0 Å². The van der Waals surface area contributed by atoms with Crippen LogP contribution in [0.5, 0.6) is 5.75 Å². The molecule has 3 aromatic rings. The lowest BCUT2D eigenvalue weighted by molar-refractivity contribution is 0.0955. The van der Waals surface area contributed by atoms with Crippen LogP contribution in [0.1, 0.15) is 27.2 Å². The number of anilines is 1. The molecule has 0 aliphatic carbocycles. The van der Waals surface area contributed by atoms with E-state index in [4.69, 9.17) is 4.74 Å². The van der Waals surface area contributed by atoms with Crippen LogP contribution in [-0.4, -0.2) is 33.9 Å². The maximum absolute atomic E-state index is 12.5. The Morgan fingerprint density at radius 2 is 2.07 bits per heavy atom. The molecule has 0 bridgehead atoms. The number of fused-ring (bicyclic) bond motifs is 2. The van der Waals surface area contributed by atoms with Crippen molar-refractivity contribution in [3.05, 3.63) is 81.5 Å². The predicted octanol–water partition coefficient (Wildman–Crippen LogP) is 1.49. The van der Waals surface area contributed by atoms with Gasteiger partial charge in [0.25, 0.3) is 11.5 Å². The summed E-state index contributed by atoms with van der Waals surface area (Å²) in [7, 11) is 0. The van der Waals surface area contributed by atoms with Crippen LogP contribution in [0, 0.1) is 0 Å². The van der Waals surface area contributed by atoms with Gasteiger partial charge in [-0.3, -0.25) is 19.6 Å². The summed E-state index contributed by atoms with van der Waals surface area (Å²) in [5, 5.41) is 5.81. The molecule has 1 aliphatic rings. The van der Waals surface area contributed by atoms with Gasteiger partial charge in [0.15, 0.2) is 0 Å². The number of carbonyl (C=O) groups excluding carboxylic acids is 1. The topological polar surface area (TPSA) is 109 Å². The number of nitrogens with one attached hydrogen (secondary N) is 3. The first-order valence-corrected chi connectivity index (χ1v) is 8.95. The lowest BCUT2D eigenvalue weighted by Gasteiger charge is -2.10. The third-order valence-corrected chi connectivity index (χ3v) is 4.43. The minimum absolute atomic E-state index is 0.188. The number of nitrogens with zero attached hydrogens (tertiary/aromatic N) is 2. The van der Waals surface area contributed by atoms with Crippen molar-refractivity contribution >= 4 is 11.9 Å². The molecule has 142 valence electrons. The summed E-state index contributed by atoms with van der Waals surface area (Å²) in [5.41, 5.74) is 2.50. The Hall–Kier alpha value is -3.68. The fourth-order valence-corrected chi connectivity index (χ4v) is 3.01. The number of ether oxygens (including phenoxy) is 1. The molecule has 0 saturated heterocycles. The zero-order chi connectivity index (χ0) is 19.3. The minimum atomic E-state index is -0.204. The molecule has 0 saturated carbocycles. The predicted molar refractivity (Wildman–Crippen MR) is 103 cm³/mol. The number of H-pyrrole nitrogens is 1. The lowest BCUT2D eigenvalue weighted by Crippen LogP contribution is -2.30. The van der Waals surface area contributed by atoms with Crippen molar-refractivity contribution in [2.24, 2.45) is 0 Å². The summed E-state index contributed by atoms with van der Waals surface area (Å²) < 4.78 is 5.79. The molecule has 1 aromatic carbocycles. The Morgan fingerprint density at radius 1 is 1.18 bits per heavy atom. The van der Waals surface area contributed by atoms with E-state index in [0.717, 1.165) is 11.3 Å². The molecule has 0 fully saturated rings. The van der Waals surface area contributed by atoms with E-state index in [0.29, 0.717) is 42.3 Å². The first-order valence-electron chi connectivity index (χ1n) is 8.95. The zero-order valence-corrected chi connectivity index (χ0v) is 15.1. The average molecular weight is 377 g/mol. The number of hydrogen-bond acceptors (Lipinski definition) is 6. The first-order chi connectivity index (χ1) is 13.7. The average Bonchev–Trinajstić information content (AvgIpc) is 2.92. The van der Waals surface area contributed by atoms with Crippen LogP contribution in [0.25, 0.3) is 0 Å². The van der Waals surface area contributed by atoms with Crippen molar-refractivity contribution in [1.29, 1.82) is 0 Å². The number of pyridine rings is 1. The molecule has 28 heavy (non-hydrogen) atoms. The van der Waals surface area contributed by atoms with Crippen LogP contribution < -0.4 is 20.9 Å². The standard InChI is InChI=1S/C20H19N5O3/c26-18(14-5-3-7-21-11-14)22-8-9-23-20-24-16-12-28-17-6-2-1-4-13(17)10-15(16)19(27)25-20/h1-7,11H,8-10,12H2,(H,22,26)(H2,23,24,25,27). The number of hydrogen-bond donors (Lipinski definition) is 3. The third kappa shape index (κ3) is 3.85. The number of amides is 1. The third-order valence-electron chi connectivity index (χ3n) is 4.43. The molecule has 3 N–H and O–H groups in total. The summed E-state index contributed by atoms with van der Waals surface area (Å²) in [6.45, 7) is 1.02. The number of para-hydroxylation sites is 1. The Morgan fingerprint density at radius 3 is 2.93 bits per heavy atom. The highest BCUT2D eigenvalue weighted by molar-refractivity contribution is 5.93. The molecule has 0 atom stereocenters. The number of aromatic amines is 1. The summed E-state index contributed by atoms with van der Waals surface area (Å²) >= 11 is 0. The van der Waals surface area contributed by atoms with Gasteiger partial charge < -0.3 is 15.4 Å². The zero-order valence-electron chi connectivity index (χ0n) is 15.1. The van der Waals surface area contributed by atoms with Crippen molar-refractivity contribution in [3.8, 4) is 5.75 Å². The van der Waals surface area contributed by atoms with Crippen LogP contribution in [0.15, 0.2) is 53.6 Å². The highest BCUT2D eigenvalue weighted by Crippen LogP contribution is 2.25. The van der Waals surface area contributed by atoms with E-state index in [1.165, 1.54) is 6.20 Å². The van der Waals surface area contributed by atoms with Crippen LogP contribution >= 0.6 is 0 Å². The van der Waals surface area contributed by atoms with E-state index < -0.39 is 0 Å². The van der Waals surface area contributed by atoms with E-state index in [1.807, 2.05) is 24.3 Å². The molecule has 0 radical (unpaired) electrons. The van der Waals surface area contributed by atoms with Gasteiger partial charge in [-0.1, -0.05) is 18.2 Å². The SMILES string of the molecule is O=C(NCCNc1nc2c(c(=O)[nH]1)Cc1ccccc1OC2)c1cccnc1. The summed E-state index contributed by atoms with van der Waals surface area (Å²) in [5.74, 6) is 0.922. The number of rotatable bonds is 5. The normalized spacial score (nSPS) is 12.1. The smallest absolute Gasteiger partial charge is 0.256 e. The van der Waals surface area contributed by atoms with E-state index in [9.17, 15) is 9.59 Å².